The summed E-state index contributed by atoms with van der Waals surface area (Å²) in [7, 11) is 1.13. The average molecular weight is 411 g/mol. The number of carbonyl (C=O) groups is 1. The van der Waals surface area contributed by atoms with Gasteiger partial charge in [0.2, 0.25) is 0 Å². The Kier molecular flexibility index (Phi) is 5.63. The molecule has 0 fully saturated rings. The molecule has 1 aromatic heterocycles. The molecule has 1 aromatic rings. The molecular weight excluding hydrogens is 403 g/mol. The molecule has 0 aliphatic carbocycles. The van der Waals surface area contributed by atoms with Gasteiger partial charge in [0.25, 0.3) is 0 Å². The van der Waals surface area contributed by atoms with Crippen molar-refractivity contribution in [3.05, 3.63) is 19.2 Å². The molecule has 0 aliphatic heterocycles. The maximum atomic E-state index is 12.2. The van der Waals surface area contributed by atoms with Gasteiger partial charge in [-0.25, -0.2) is 4.79 Å². The van der Waals surface area contributed by atoms with Gasteiger partial charge < -0.3 is 4.74 Å². The fourth-order valence-corrected chi connectivity index (χ4v) is 3.30. The van der Waals surface area contributed by atoms with Crippen LogP contribution in [0.5, 0.6) is 0 Å². The highest BCUT2D eigenvalue weighted by molar-refractivity contribution is 9.13. The van der Waals surface area contributed by atoms with Crippen LogP contribution in [0.2, 0.25) is 0 Å². The van der Waals surface area contributed by atoms with Crippen LogP contribution in [0.3, 0.4) is 0 Å². The average Bonchev–Trinajstić information content (AvgIpc) is 2.57. The number of thiophene rings is 1. The molecule has 1 unspecified atom stereocenters. The number of esters is 1. The van der Waals surface area contributed by atoms with Crippen LogP contribution in [0.25, 0.3) is 0 Å². The molecule has 1 N–H and O–H groups in total. The van der Waals surface area contributed by atoms with Gasteiger partial charge in [-0.05, 0) is 37.9 Å². The summed E-state index contributed by atoms with van der Waals surface area (Å²) in [5.74, 6) is -0.763. The molecule has 1 heterocycles. The van der Waals surface area contributed by atoms with E-state index in [0.717, 1.165) is 18.4 Å². The molecule has 9 heteroatoms. The largest absolute Gasteiger partial charge is 0.468 e. The van der Waals surface area contributed by atoms with Crippen molar-refractivity contribution >= 4 is 49.2 Å². The zero-order valence-corrected chi connectivity index (χ0v) is 13.0. The minimum atomic E-state index is -4.39. The Labute approximate surface area is 122 Å². The first kappa shape index (κ1) is 15.9. The van der Waals surface area contributed by atoms with Crippen molar-refractivity contribution in [1.29, 1.82) is 0 Å². The van der Waals surface area contributed by atoms with Crippen molar-refractivity contribution in [2.75, 3.05) is 13.7 Å². The van der Waals surface area contributed by atoms with Crippen LogP contribution in [0.1, 0.15) is 10.9 Å². The van der Waals surface area contributed by atoms with Crippen molar-refractivity contribution < 1.29 is 22.7 Å². The molecule has 0 spiro atoms. The lowest BCUT2D eigenvalue weighted by Crippen LogP contribution is -2.36. The lowest BCUT2D eigenvalue weighted by molar-refractivity contribution is -0.146. The summed E-state index contributed by atoms with van der Waals surface area (Å²) in [6, 6.07) is 0.434. The number of carbonyl (C=O) groups excluding carboxylic acids is 1. The Balaban J connectivity index is 2.88. The fourth-order valence-electron chi connectivity index (χ4n) is 1.14. The van der Waals surface area contributed by atoms with E-state index in [0.29, 0.717) is 13.1 Å². The number of hydrogen-bond donors (Lipinski definition) is 1. The molecule has 3 nitrogen and oxygen atoms in total. The summed E-state index contributed by atoms with van der Waals surface area (Å²) in [6.45, 7) is -1.26. The molecule has 0 amide bonds. The molecule has 1 atom stereocenters. The zero-order chi connectivity index (χ0) is 13.9. The van der Waals surface area contributed by atoms with Crippen molar-refractivity contribution in [3.8, 4) is 0 Å². The number of rotatable bonds is 4. The van der Waals surface area contributed by atoms with Gasteiger partial charge in [0.1, 0.15) is 6.04 Å². The molecule has 102 valence electrons. The first-order valence-corrected chi connectivity index (χ1v) is 6.97. The first-order chi connectivity index (χ1) is 8.24. The minimum absolute atomic E-state index is 0.435. The lowest BCUT2D eigenvalue weighted by atomic mass is 10.2. The molecule has 0 bridgehead atoms. The molecule has 0 aromatic carbocycles. The quantitative estimate of drug-likeness (QED) is 0.770. The Bertz CT molecular complexity index is 416. The third kappa shape index (κ3) is 4.52. The van der Waals surface area contributed by atoms with E-state index in [4.69, 9.17) is 0 Å². The molecule has 18 heavy (non-hydrogen) atoms. The van der Waals surface area contributed by atoms with Gasteiger partial charge in [-0.3, -0.25) is 5.32 Å². The topological polar surface area (TPSA) is 38.3 Å². The zero-order valence-electron chi connectivity index (χ0n) is 8.98. The summed E-state index contributed by atoms with van der Waals surface area (Å²) in [5.41, 5.74) is 0. The van der Waals surface area contributed by atoms with Crippen LogP contribution in [0.15, 0.2) is 14.3 Å². The van der Waals surface area contributed by atoms with E-state index in [1.165, 1.54) is 0 Å². The second kappa shape index (κ2) is 6.36. The van der Waals surface area contributed by atoms with E-state index in [2.05, 4.69) is 41.9 Å². The minimum Gasteiger partial charge on any atom is -0.468 e. The summed E-state index contributed by atoms with van der Waals surface area (Å²) < 4.78 is 42.3. The van der Waals surface area contributed by atoms with Gasteiger partial charge in [0.15, 0.2) is 0 Å². The third-order valence-electron chi connectivity index (χ3n) is 1.89. The maximum Gasteiger partial charge on any atom is 0.401 e. The van der Waals surface area contributed by atoms with Gasteiger partial charge >= 0.3 is 12.1 Å². The van der Waals surface area contributed by atoms with E-state index in [-0.39, 0.29) is 0 Å². The smallest absolute Gasteiger partial charge is 0.401 e. The van der Waals surface area contributed by atoms with Gasteiger partial charge in [0, 0.05) is 9.35 Å². The van der Waals surface area contributed by atoms with Gasteiger partial charge in [-0.15, -0.1) is 11.3 Å². The van der Waals surface area contributed by atoms with Crippen LogP contribution in [-0.2, 0) is 9.53 Å². The van der Waals surface area contributed by atoms with Crippen molar-refractivity contribution in [1.82, 2.24) is 5.32 Å². The van der Waals surface area contributed by atoms with E-state index in [9.17, 15) is 18.0 Å². The SMILES string of the molecule is COC(=O)C(NCC(F)(F)F)c1cc(Br)c(Br)s1. The molecule has 0 saturated heterocycles. The van der Waals surface area contributed by atoms with Crippen molar-refractivity contribution in [2.24, 2.45) is 0 Å². The Hall–Kier alpha value is -0.120. The maximum absolute atomic E-state index is 12.2. The highest BCUT2D eigenvalue weighted by atomic mass is 79.9. The predicted octanol–water partition coefficient (Wildman–Crippen LogP) is 3.64. The number of methoxy groups -OCH3 is 1. The van der Waals surface area contributed by atoms with Gasteiger partial charge in [-0.1, -0.05) is 0 Å². The number of halogens is 5. The molecule has 0 aliphatic rings. The molecular formula is C9H8Br2F3NO2S. The monoisotopic (exact) mass is 409 g/mol. The molecule has 1 rings (SSSR count). The van der Waals surface area contributed by atoms with E-state index in [1.807, 2.05) is 0 Å². The number of ether oxygens (including phenoxy) is 1. The summed E-state index contributed by atoms with van der Waals surface area (Å²) in [6.07, 6.45) is -4.39. The van der Waals surface area contributed by atoms with Gasteiger partial charge in [0.05, 0.1) is 17.4 Å². The number of nitrogens with one attached hydrogen (secondary N) is 1. The third-order valence-corrected chi connectivity index (χ3v) is 5.21. The Morgan fingerprint density at radius 1 is 1.56 bits per heavy atom. The number of hydrogen-bond acceptors (Lipinski definition) is 4. The fraction of sp³-hybridized carbons (Fsp3) is 0.444. The summed E-state index contributed by atoms with van der Waals surface area (Å²) >= 11 is 7.58. The Morgan fingerprint density at radius 3 is 2.56 bits per heavy atom. The number of alkyl halides is 3. The standard InChI is InChI=1S/C9H8Br2F3NO2S/c1-17-8(16)6(15-3-9(12,13)14)5-2-4(10)7(11)18-5/h2,6,15H,3H2,1H3. The van der Waals surface area contributed by atoms with Crippen LogP contribution in [0, 0.1) is 0 Å². The van der Waals surface area contributed by atoms with Gasteiger partial charge in [-0.2, -0.15) is 13.2 Å². The normalized spacial score (nSPS) is 13.4. The van der Waals surface area contributed by atoms with E-state index in [1.54, 1.807) is 6.07 Å². The summed E-state index contributed by atoms with van der Waals surface area (Å²) in [4.78, 5) is 11.9. The van der Waals surface area contributed by atoms with Crippen molar-refractivity contribution in [2.45, 2.75) is 12.2 Å². The van der Waals surface area contributed by atoms with Crippen LogP contribution < -0.4 is 5.32 Å². The second-order valence-corrected chi connectivity index (χ2v) is 6.48. The van der Waals surface area contributed by atoms with Crippen LogP contribution in [0.4, 0.5) is 13.2 Å². The summed E-state index contributed by atoms with van der Waals surface area (Å²) in [5, 5.41) is 2.14. The van der Waals surface area contributed by atoms with Crippen LogP contribution in [-0.4, -0.2) is 25.8 Å². The second-order valence-electron chi connectivity index (χ2n) is 3.22. The van der Waals surface area contributed by atoms with Crippen LogP contribution >= 0.6 is 43.2 Å². The Morgan fingerprint density at radius 2 is 2.17 bits per heavy atom. The molecule has 0 radical (unpaired) electrons. The predicted molar refractivity (Wildman–Crippen MR) is 68.5 cm³/mol. The van der Waals surface area contributed by atoms with Crippen molar-refractivity contribution in [3.63, 3.8) is 0 Å². The first-order valence-electron chi connectivity index (χ1n) is 4.57. The van der Waals surface area contributed by atoms with E-state index < -0.39 is 24.7 Å². The van der Waals surface area contributed by atoms with E-state index >= 15 is 0 Å². The highest BCUT2D eigenvalue weighted by Gasteiger charge is 2.32. The highest BCUT2D eigenvalue weighted by Crippen LogP contribution is 2.36. The molecule has 0 saturated carbocycles. The lowest BCUT2D eigenvalue weighted by Gasteiger charge is -2.16.